The van der Waals surface area contributed by atoms with E-state index in [0.29, 0.717) is 0 Å². The van der Waals surface area contributed by atoms with Crippen molar-refractivity contribution >= 4 is 48.3 Å². The average Bonchev–Trinajstić information content (AvgIpc) is 2.93. The van der Waals surface area contributed by atoms with Gasteiger partial charge in [0.1, 0.15) is 0 Å². The lowest BCUT2D eigenvalue weighted by atomic mass is 10.1. The first-order valence-electron chi connectivity index (χ1n) is 8.46. The highest BCUT2D eigenvalue weighted by atomic mass is 127. The van der Waals surface area contributed by atoms with Crippen LogP contribution in [0.4, 0.5) is 0 Å². The standard InChI is InChI=1S/C18H30INOSSi/c1-7-23(8-2,9-3)21-18(11-10-15(5)19)14(4)12-17-13-22-16(6)20-17/h10,12-13,18H,7-9,11H2,1-6H3. The molecule has 0 aliphatic carbocycles. The van der Waals surface area contributed by atoms with Gasteiger partial charge in [-0.1, -0.05) is 26.8 Å². The van der Waals surface area contributed by atoms with E-state index < -0.39 is 8.32 Å². The minimum atomic E-state index is -1.62. The van der Waals surface area contributed by atoms with E-state index in [0.717, 1.165) is 17.1 Å². The largest absolute Gasteiger partial charge is 0.410 e. The summed E-state index contributed by atoms with van der Waals surface area (Å²) in [5.41, 5.74) is 2.35. The van der Waals surface area contributed by atoms with Crippen molar-refractivity contribution in [2.24, 2.45) is 0 Å². The molecule has 0 aromatic carbocycles. The van der Waals surface area contributed by atoms with E-state index in [9.17, 15) is 0 Å². The summed E-state index contributed by atoms with van der Waals surface area (Å²) >= 11 is 4.08. The highest BCUT2D eigenvalue weighted by Crippen LogP contribution is 2.28. The van der Waals surface area contributed by atoms with Crippen LogP contribution in [0.2, 0.25) is 18.1 Å². The van der Waals surface area contributed by atoms with Crippen LogP contribution in [0.3, 0.4) is 0 Å². The molecule has 0 saturated heterocycles. The summed E-state index contributed by atoms with van der Waals surface area (Å²) in [6.45, 7) is 13.3. The molecule has 1 unspecified atom stereocenters. The van der Waals surface area contributed by atoms with Gasteiger partial charge in [0.25, 0.3) is 0 Å². The van der Waals surface area contributed by atoms with Gasteiger partial charge in [0, 0.05) is 5.38 Å². The van der Waals surface area contributed by atoms with Crippen LogP contribution in [0.15, 0.2) is 20.6 Å². The van der Waals surface area contributed by atoms with Crippen LogP contribution < -0.4 is 0 Å². The van der Waals surface area contributed by atoms with Gasteiger partial charge >= 0.3 is 0 Å². The number of aromatic nitrogens is 1. The fraction of sp³-hybridized carbons (Fsp3) is 0.611. The molecule has 1 rings (SSSR count). The zero-order valence-electron chi connectivity index (χ0n) is 15.3. The fourth-order valence-electron chi connectivity index (χ4n) is 2.67. The molecule has 0 fully saturated rings. The van der Waals surface area contributed by atoms with Crippen molar-refractivity contribution in [3.63, 3.8) is 0 Å². The van der Waals surface area contributed by atoms with Crippen molar-refractivity contribution in [3.8, 4) is 0 Å². The fourth-order valence-corrected chi connectivity index (χ4v) is 6.38. The molecular formula is C18H30INOSSi. The second kappa shape index (κ2) is 10.1. The Labute approximate surface area is 160 Å². The maximum atomic E-state index is 6.78. The van der Waals surface area contributed by atoms with Gasteiger partial charge < -0.3 is 4.43 Å². The Hall–Kier alpha value is 0.0169. The van der Waals surface area contributed by atoms with Crippen molar-refractivity contribution in [1.29, 1.82) is 0 Å². The molecule has 0 aliphatic heterocycles. The van der Waals surface area contributed by atoms with E-state index >= 15 is 0 Å². The third-order valence-corrected chi connectivity index (χ3v) is 10.3. The van der Waals surface area contributed by atoms with Gasteiger partial charge in [-0.3, -0.25) is 0 Å². The second-order valence-corrected chi connectivity index (χ2v) is 13.5. The number of hydrogen-bond donors (Lipinski definition) is 0. The third kappa shape index (κ3) is 6.80. The minimum Gasteiger partial charge on any atom is -0.410 e. The summed E-state index contributed by atoms with van der Waals surface area (Å²) in [6.07, 6.45) is 5.61. The number of halogens is 1. The maximum Gasteiger partial charge on any atom is 0.192 e. The monoisotopic (exact) mass is 463 g/mol. The van der Waals surface area contributed by atoms with Crippen molar-refractivity contribution in [2.75, 3.05) is 0 Å². The number of aryl methyl sites for hydroxylation is 1. The zero-order chi connectivity index (χ0) is 17.5. The summed E-state index contributed by atoms with van der Waals surface area (Å²) in [6, 6.07) is 3.56. The van der Waals surface area contributed by atoms with Crippen molar-refractivity contribution in [1.82, 2.24) is 4.98 Å². The van der Waals surface area contributed by atoms with Crippen molar-refractivity contribution < 1.29 is 4.43 Å². The molecule has 5 heteroatoms. The van der Waals surface area contributed by atoms with E-state index in [2.05, 4.69) is 86.6 Å². The molecule has 0 saturated carbocycles. The normalized spacial score (nSPS) is 15.1. The molecule has 0 amide bonds. The van der Waals surface area contributed by atoms with E-state index in [4.69, 9.17) is 4.43 Å². The van der Waals surface area contributed by atoms with Crippen LogP contribution in [0.5, 0.6) is 0 Å². The van der Waals surface area contributed by atoms with Crippen LogP contribution in [0.1, 0.15) is 51.7 Å². The Morgan fingerprint density at radius 2 is 1.91 bits per heavy atom. The summed E-state index contributed by atoms with van der Waals surface area (Å²) < 4.78 is 8.10. The minimum absolute atomic E-state index is 0.174. The zero-order valence-corrected chi connectivity index (χ0v) is 19.3. The number of rotatable bonds is 9. The van der Waals surface area contributed by atoms with Crippen LogP contribution in [-0.4, -0.2) is 19.4 Å². The lowest BCUT2D eigenvalue weighted by molar-refractivity contribution is 0.225. The molecule has 23 heavy (non-hydrogen) atoms. The third-order valence-electron chi connectivity index (χ3n) is 4.46. The number of hydrogen-bond acceptors (Lipinski definition) is 3. The second-order valence-electron chi connectivity index (χ2n) is 6.06. The molecule has 0 aliphatic rings. The van der Waals surface area contributed by atoms with Crippen molar-refractivity contribution in [3.05, 3.63) is 31.3 Å². The molecule has 1 aromatic rings. The van der Waals surface area contributed by atoms with E-state index in [1.54, 1.807) is 11.3 Å². The van der Waals surface area contributed by atoms with Crippen LogP contribution in [-0.2, 0) is 4.43 Å². The molecular weight excluding hydrogens is 433 g/mol. The number of allylic oxidation sites excluding steroid dienone is 1. The molecule has 0 bridgehead atoms. The predicted molar refractivity (Wildman–Crippen MR) is 115 cm³/mol. The number of thiazole rings is 1. The van der Waals surface area contributed by atoms with E-state index in [1.807, 2.05) is 0 Å². The Balaban J connectivity index is 3.03. The van der Waals surface area contributed by atoms with Gasteiger partial charge in [-0.05, 0) is 83.1 Å². The first kappa shape index (κ1) is 21.1. The quantitative estimate of drug-likeness (QED) is 0.291. The Kier molecular flexibility index (Phi) is 9.26. The first-order valence-corrected chi connectivity index (χ1v) is 12.9. The highest BCUT2D eigenvalue weighted by molar-refractivity contribution is 14.1. The highest BCUT2D eigenvalue weighted by Gasteiger charge is 2.32. The lowest BCUT2D eigenvalue weighted by Gasteiger charge is -2.33. The van der Waals surface area contributed by atoms with Gasteiger partial charge in [-0.15, -0.1) is 11.3 Å². The smallest absolute Gasteiger partial charge is 0.192 e. The van der Waals surface area contributed by atoms with Gasteiger partial charge in [-0.25, -0.2) is 4.98 Å². The molecule has 0 N–H and O–H groups in total. The molecule has 1 aromatic heterocycles. The Morgan fingerprint density at radius 1 is 1.30 bits per heavy atom. The maximum absolute atomic E-state index is 6.78. The Morgan fingerprint density at radius 3 is 2.35 bits per heavy atom. The molecule has 0 spiro atoms. The Bertz CT molecular complexity index is 537. The average molecular weight is 464 g/mol. The molecule has 1 heterocycles. The van der Waals surface area contributed by atoms with Crippen LogP contribution in [0, 0.1) is 6.92 Å². The predicted octanol–water partition coefficient (Wildman–Crippen LogP) is 6.97. The molecule has 2 nitrogen and oxygen atoms in total. The summed E-state index contributed by atoms with van der Waals surface area (Å²) in [4.78, 5) is 4.57. The van der Waals surface area contributed by atoms with Crippen molar-refractivity contribution in [2.45, 2.75) is 72.2 Å². The molecule has 1 atom stereocenters. The number of nitrogens with zero attached hydrogens (tertiary/aromatic N) is 1. The SMILES string of the molecule is CC[Si](CC)(CC)OC(CC=C(C)I)C(C)=Cc1csc(C)n1. The summed E-state index contributed by atoms with van der Waals surface area (Å²) in [5.74, 6) is 0. The van der Waals surface area contributed by atoms with E-state index in [-0.39, 0.29) is 6.10 Å². The molecule has 0 radical (unpaired) electrons. The summed E-state index contributed by atoms with van der Waals surface area (Å²) in [5, 5.41) is 3.24. The van der Waals surface area contributed by atoms with Gasteiger partial charge in [0.15, 0.2) is 8.32 Å². The lowest BCUT2D eigenvalue weighted by Crippen LogP contribution is -2.40. The topological polar surface area (TPSA) is 22.1 Å². The van der Waals surface area contributed by atoms with E-state index in [1.165, 1.54) is 27.3 Å². The van der Waals surface area contributed by atoms with Gasteiger partial charge in [-0.2, -0.15) is 0 Å². The van der Waals surface area contributed by atoms with Crippen LogP contribution in [0.25, 0.3) is 6.08 Å². The van der Waals surface area contributed by atoms with Gasteiger partial charge in [0.05, 0.1) is 16.8 Å². The summed E-state index contributed by atoms with van der Waals surface area (Å²) in [7, 11) is -1.62. The van der Waals surface area contributed by atoms with Crippen LogP contribution >= 0.6 is 33.9 Å². The first-order chi connectivity index (χ1) is 10.9. The molecule has 130 valence electrons. The van der Waals surface area contributed by atoms with Gasteiger partial charge in [0.2, 0.25) is 0 Å².